The second kappa shape index (κ2) is 14.7. The van der Waals surface area contributed by atoms with Crippen LogP contribution in [-0.2, 0) is 10.3 Å². The summed E-state index contributed by atoms with van der Waals surface area (Å²) in [7, 11) is 3.75. The van der Waals surface area contributed by atoms with Crippen molar-refractivity contribution in [2.24, 2.45) is 11.8 Å². The fourth-order valence-electron chi connectivity index (χ4n) is 6.07. The molecule has 0 aromatic heterocycles. The predicted molar refractivity (Wildman–Crippen MR) is 150 cm³/mol. The topological polar surface area (TPSA) is 56.8 Å². The van der Waals surface area contributed by atoms with Crippen molar-refractivity contribution >= 4 is 28.9 Å². The van der Waals surface area contributed by atoms with E-state index in [1.807, 2.05) is 31.3 Å². The molecule has 3 N–H and O–H groups in total. The minimum Gasteiger partial charge on any atom is -0.385 e. The number of likely N-dealkylation sites (tertiary alicyclic amines) is 1. The Balaban J connectivity index is 1.67. The molecule has 1 aliphatic heterocycles. The van der Waals surface area contributed by atoms with E-state index in [0.29, 0.717) is 24.1 Å². The number of piperidine rings is 1. The van der Waals surface area contributed by atoms with Gasteiger partial charge in [-0.3, -0.25) is 0 Å². The number of methoxy groups -OCH3 is 1. The molecule has 1 aromatic rings. The lowest BCUT2D eigenvalue weighted by Gasteiger charge is -2.44. The molecule has 0 radical (unpaired) electrons. The van der Waals surface area contributed by atoms with E-state index < -0.39 is 5.60 Å². The minimum absolute atomic E-state index is 0.0955. The highest BCUT2D eigenvalue weighted by Gasteiger charge is 2.41. The van der Waals surface area contributed by atoms with E-state index in [9.17, 15) is 5.11 Å². The number of unbranched alkanes of at least 4 members (excludes halogenated alkanes) is 1. The molecular formula is C28H46ClN3O2S. The first-order valence-corrected chi connectivity index (χ1v) is 14.4. The first-order valence-electron chi connectivity index (χ1n) is 13.6. The molecule has 1 saturated carbocycles. The van der Waals surface area contributed by atoms with Crippen LogP contribution in [0.5, 0.6) is 0 Å². The molecule has 2 fully saturated rings. The number of aliphatic hydroxyl groups is 1. The minimum atomic E-state index is -0.931. The molecule has 1 aromatic carbocycles. The average molecular weight is 524 g/mol. The van der Waals surface area contributed by atoms with Crippen LogP contribution in [0.1, 0.15) is 76.2 Å². The van der Waals surface area contributed by atoms with Crippen molar-refractivity contribution in [2.45, 2.75) is 82.3 Å². The first-order chi connectivity index (χ1) is 17.0. The molecule has 0 spiro atoms. The number of benzene rings is 1. The van der Waals surface area contributed by atoms with Crippen LogP contribution in [0.25, 0.3) is 0 Å². The lowest BCUT2D eigenvalue weighted by molar-refractivity contribution is -0.0540. The Morgan fingerprint density at radius 1 is 1.23 bits per heavy atom. The monoisotopic (exact) mass is 523 g/mol. The molecule has 0 amide bonds. The molecule has 1 heterocycles. The van der Waals surface area contributed by atoms with Crippen LogP contribution in [0.3, 0.4) is 0 Å². The molecule has 5 nitrogen and oxygen atoms in total. The molecule has 7 heteroatoms. The Morgan fingerprint density at radius 3 is 2.74 bits per heavy atom. The van der Waals surface area contributed by atoms with Crippen LogP contribution < -0.4 is 10.6 Å². The van der Waals surface area contributed by atoms with Crippen molar-refractivity contribution in [2.75, 3.05) is 40.4 Å². The van der Waals surface area contributed by atoms with Crippen molar-refractivity contribution in [3.05, 3.63) is 34.9 Å². The molecule has 3 rings (SSSR count). The summed E-state index contributed by atoms with van der Waals surface area (Å²) in [6.07, 6.45) is 12.5. The molecule has 198 valence electrons. The van der Waals surface area contributed by atoms with Gasteiger partial charge in [-0.05, 0) is 81.4 Å². The summed E-state index contributed by atoms with van der Waals surface area (Å²) in [6, 6.07) is 8.11. The van der Waals surface area contributed by atoms with Gasteiger partial charge in [0.1, 0.15) is 0 Å². The van der Waals surface area contributed by atoms with E-state index in [0.717, 1.165) is 61.9 Å². The fraction of sp³-hybridized carbons (Fsp3) is 0.750. The van der Waals surface area contributed by atoms with Gasteiger partial charge in [-0.25, -0.2) is 0 Å². The zero-order chi connectivity index (χ0) is 25.1. The van der Waals surface area contributed by atoms with E-state index in [-0.39, 0.29) is 5.92 Å². The van der Waals surface area contributed by atoms with Crippen LogP contribution in [0.2, 0.25) is 5.02 Å². The SMILES string of the molecule is CNCC(CC1CCCCC1)NC(=S)N1CCC[C@@H]([C@@](O)(CCCCOC)c2cccc(Cl)c2)C1. The first kappa shape index (κ1) is 28.6. The van der Waals surface area contributed by atoms with E-state index in [1.165, 1.54) is 38.5 Å². The van der Waals surface area contributed by atoms with Gasteiger partial charge in [0.15, 0.2) is 5.11 Å². The van der Waals surface area contributed by atoms with Crippen LogP contribution in [0.15, 0.2) is 24.3 Å². The maximum atomic E-state index is 12.1. The molecule has 35 heavy (non-hydrogen) atoms. The highest BCUT2D eigenvalue weighted by Crippen LogP contribution is 2.40. The van der Waals surface area contributed by atoms with Crippen molar-refractivity contribution in [3.63, 3.8) is 0 Å². The van der Waals surface area contributed by atoms with Gasteiger partial charge in [0.05, 0.1) is 5.60 Å². The number of hydrogen-bond acceptors (Lipinski definition) is 4. The van der Waals surface area contributed by atoms with Crippen LogP contribution in [0.4, 0.5) is 0 Å². The van der Waals surface area contributed by atoms with Gasteiger partial charge in [0, 0.05) is 50.3 Å². The number of ether oxygens (including phenoxy) is 1. The lowest BCUT2D eigenvalue weighted by Crippen LogP contribution is -2.53. The van der Waals surface area contributed by atoms with Gasteiger partial charge >= 0.3 is 0 Å². The van der Waals surface area contributed by atoms with Crippen LogP contribution in [-0.4, -0.2) is 61.6 Å². The number of rotatable bonds is 12. The summed E-state index contributed by atoms with van der Waals surface area (Å²) in [6.45, 7) is 3.33. The van der Waals surface area contributed by atoms with Crippen molar-refractivity contribution < 1.29 is 9.84 Å². The summed E-state index contributed by atoms with van der Waals surface area (Å²) in [5.74, 6) is 0.893. The average Bonchev–Trinajstić information content (AvgIpc) is 2.87. The maximum absolute atomic E-state index is 12.1. The van der Waals surface area contributed by atoms with E-state index in [1.54, 1.807) is 7.11 Å². The Bertz CT molecular complexity index is 776. The van der Waals surface area contributed by atoms with Crippen molar-refractivity contribution in [3.8, 4) is 0 Å². The fourth-order valence-corrected chi connectivity index (χ4v) is 6.59. The summed E-state index contributed by atoms with van der Waals surface area (Å²) >= 11 is 12.3. The van der Waals surface area contributed by atoms with Crippen molar-refractivity contribution in [1.82, 2.24) is 15.5 Å². The molecule has 2 aliphatic rings. The van der Waals surface area contributed by atoms with Gasteiger partial charge in [-0.1, -0.05) is 55.8 Å². The third-order valence-corrected chi connectivity index (χ3v) is 8.60. The maximum Gasteiger partial charge on any atom is 0.169 e. The summed E-state index contributed by atoms with van der Waals surface area (Å²) < 4.78 is 5.25. The third kappa shape index (κ3) is 8.57. The molecule has 1 unspecified atom stereocenters. The quantitative estimate of drug-likeness (QED) is 0.249. The number of likely N-dealkylation sites (N-methyl/N-ethyl adjacent to an activating group) is 1. The number of thiocarbonyl (C=S) groups is 1. The molecule has 0 bridgehead atoms. The van der Waals surface area contributed by atoms with Gasteiger partial charge in [0.25, 0.3) is 0 Å². The lowest BCUT2D eigenvalue weighted by atomic mass is 9.74. The predicted octanol–water partition coefficient (Wildman–Crippen LogP) is 5.49. The second-order valence-corrected chi connectivity index (χ2v) is 11.4. The van der Waals surface area contributed by atoms with Gasteiger partial charge < -0.3 is 25.4 Å². The third-order valence-electron chi connectivity index (χ3n) is 7.99. The largest absolute Gasteiger partial charge is 0.385 e. The highest BCUT2D eigenvalue weighted by atomic mass is 35.5. The summed E-state index contributed by atoms with van der Waals surface area (Å²) in [5.41, 5.74) is -0.0159. The van der Waals surface area contributed by atoms with E-state index in [4.69, 9.17) is 28.6 Å². The highest BCUT2D eigenvalue weighted by molar-refractivity contribution is 7.80. The van der Waals surface area contributed by atoms with Crippen molar-refractivity contribution in [1.29, 1.82) is 0 Å². The van der Waals surface area contributed by atoms with E-state index >= 15 is 0 Å². The Labute approximate surface area is 223 Å². The summed E-state index contributed by atoms with van der Waals surface area (Å²) in [4.78, 5) is 2.29. The Kier molecular flexibility index (Phi) is 12.1. The number of nitrogens with zero attached hydrogens (tertiary/aromatic N) is 1. The van der Waals surface area contributed by atoms with E-state index in [2.05, 4.69) is 15.5 Å². The van der Waals surface area contributed by atoms with Gasteiger partial charge in [-0.15, -0.1) is 0 Å². The zero-order valence-corrected chi connectivity index (χ0v) is 23.3. The zero-order valence-electron chi connectivity index (χ0n) is 21.7. The molecular weight excluding hydrogens is 478 g/mol. The molecule has 3 atom stereocenters. The molecule has 1 saturated heterocycles. The number of halogens is 1. The second-order valence-electron chi connectivity index (χ2n) is 10.6. The van der Waals surface area contributed by atoms with Gasteiger partial charge in [-0.2, -0.15) is 0 Å². The van der Waals surface area contributed by atoms with Crippen LogP contribution >= 0.6 is 23.8 Å². The number of hydrogen-bond donors (Lipinski definition) is 3. The van der Waals surface area contributed by atoms with Crippen LogP contribution in [0, 0.1) is 11.8 Å². The Morgan fingerprint density at radius 2 is 2.03 bits per heavy atom. The normalized spacial score (nSPS) is 21.9. The Hall–Kier alpha value is -0.920. The van der Waals surface area contributed by atoms with Gasteiger partial charge in [0.2, 0.25) is 0 Å². The number of nitrogens with one attached hydrogen (secondary N) is 2. The summed E-state index contributed by atoms with van der Waals surface area (Å²) in [5, 5.41) is 20.7. The standard InChI is InChI=1S/C28H46ClN3O2S/c1-30-20-26(18-22-10-4-3-5-11-22)31-27(35)32-16-9-13-24(21-32)28(33,15-6-7-17-34-2)23-12-8-14-25(29)19-23/h8,12,14,19,22,24,26,30,33H,3-7,9-11,13,15-18,20-21H2,1-2H3,(H,31,35)/t24-,26?,28-/m1/s1. The molecule has 1 aliphatic carbocycles. The smallest absolute Gasteiger partial charge is 0.169 e.